The highest BCUT2D eigenvalue weighted by atomic mass is 16.3. The van der Waals surface area contributed by atoms with Crippen molar-refractivity contribution in [1.29, 1.82) is 0 Å². The van der Waals surface area contributed by atoms with E-state index in [1.54, 1.807) is 0 Å². The van der Waals surface area contributed by atoms with Crippen LogP contribution in [0.1, 0.15) is 18.1 Å². The van der Waals surface area contributed by atoms with Gasteiger partial charge in [0.15, 0.2) is 5.58 Å². The van der Waals surface area contributed by atoms with Crippen LogP contribution in [-0.4, -0.2) is 0 Å². The number of hydrogen-bond donors (Lipinski definition) is 0. The maximum absolute atomic E-state index is 6.88. The zero-order valence-electron chi connectivity index (χ0n) is 29.1. The normalized spacial score (nSPS) is 11.7. The van der Waals surface area contributed by atoms with Crippen LogP contribution < -0.4 is 4.90 Å². The summed E-state index contributed by atoms with van der Waals surface area (Å²) in [4.78, 5) is 2.34. The van der Waals surface area contributed by atoms with Crippen LogP contribution in [0.15, 0.2) is 173 Å². The van der Waals surface area contributed by atoms with Gasteiger partial charge in [-0.2, -0.15) is 0 Å². The van der Waals surface area contributed by atoms with E-state index >= 15 is 0 Å². The third kappa shape index (κ3) is 4.74. The average molecular weight is 670 g/mol. The van der Waals surface area contributed by atoms with E-state index in [0.29, 0.717) is 0 Å². The van der Waals surface area contributed by atoms with Crippen molar-refractivity contribution in [2.45, 2.75) is 20.3 Å². The lowest BCUT2D eigenvalue weighted by molar-refractivity contribution is 0.667. The lowest BCUT2D eigenvalue weighted by Gasteiger charge is -2.27. The summed E-state index contributed by atoms with van der Waals surface area (Å²) in [5.74, 6) is 0. The summed E-state index contributed by atoms with van der Waals surface area (Å²) in [6, 6.07) is 58.3. The van der Waals surface area contributed by atoms with Crippen molar-refractivity contribution in [2.75, 3.05) is 4.90 Å². The van der Waals surface area contributed by atoms with Gasteiger partial charge in [-0.3, -0.25) is 0 Å². The molecule has 0 aliphatic carbocycles. The molecule has 2 aromatic heterocycles. The highest BCUT2D eigenvalue weighted by Gasteiger charge is 2.25. The highest BCUT2D eigenvalue weighted by molar-refractivity contribution is 6.15. The van der Waals surface area contributed by atoms with Crippen LogP contribution in [0.2, 0.25) is 0 Å². The monoisotopic (exact) mass is 669 g/mol. The summed E-state index contributed by atoms with van der Waals surface area (Å²) >= 11 is 0. The van der Waals surface area contributed by atoms with Gasteiger partial charge in [-0.1, -0.05) is 122 Å². The van der Waals surface area contributed by atoms with Crippen molar-refractivity contribution in [3.63, 3.8) is 0 Å². The quantitative estimate of drug-likeness (QED) is 0.176. The molecule has 0 unspecified atom stereocenters. The van der Waals surface area contributed by atoms with E-state index in [4.69, 9.17) is 8.83 Å². The molecule has 0 fully saturated rings. The molecule has 10 aromatic rings. The Morgan fingerprint density at radius 3 is 1.92 bits per heavy atom. The van der Waals surface area contributed by atoms with Crippen LogP contribution in [0.5, 0.6) is 0 Å². The molecule has 0 aliphatic heterocycles. The van der Waals surface area contributed by atoms with Gasteiger partial charge in [0, 0.05) is 33.3 Å². The molecule has 0 atom stereocenters. The molecular formula is C49H35NO2. The van der Waals surface area contributed by atoms with Crippen molar-refractivity contribution in [1.82, 2.24) is 0 Å². The summed E-state index contributed by atoms with van der Waals surface area (Å²) in [5, 5.41) is 6.98. The van der Waals surface area contributed by atoms with Gasteiger partial charge in [-0.05, 0) is 100.0 Å². The molecule has 52 heavy (non-hydrogen) atoms. The number of fused-ring (bicyclic) bond motifs is 7. The Kier molecular flexibility index (Phi) is 7.00. The van der Waals surface area contributed by atoms with E-state index in [9.17, 15) is 0 Å². The number of benzene rings is 8. The predicted molar refractivity (Wildman–Crippen MR) is 218 cm³/mol. The molecule has 0 radical (unpaired) electrons. The molecule has 0 aliphatic rings. The van der Waals surface area contributed by atoms with E-state index in [1.807, 2.05) is 12.1 Å². The van der Waals surface area contributed by atoms with Crippen LogP contribution in [0.4, 0.5) is 17.1 Å². The molecule has 0 bridgehead atoms. The molecule has 0 spiro atoms. The minimum atomic E-state index is 0.848. The van der Waals surface area contributed by atoms with Crippen LogP contribution in [0.25, 0.3) is 76.9 Å². The second kappa shape index (κ2) is 12.0. The lowest BCUT2D eigenvalue weighted by atomic mass is 9.90. The summed E-state index contributed by atoms with van der Waals surface area (Å²) in [7, 11) is 0. The fourth-order valence-corrected chi connectivity index (χ4v) is 8.15. The summed E-state index contributed by atoms with van der Waals surface area (Å²) in [5.41, 5.74) is 13.9. The minimum Gasteiger partial charge on any atom is -0.456 e. The largest absolute Gasteiger partial charge is 0.456 e. The molecule has 0 N–H and O–H groups in total. The molecule has 8 aromatic carbocycles. The average Bonchev–Trinajstić information content (AvgIpc) is 3.77. The maximum atomic E-state index is 6.88. The number of nitrogens with zero attached hydrogens (tertiary/aromatic N) is 1. The molecule has 0 amide bonds. The lowest BCUT2D eigenvalue weighted by Crippen LogP contribution is -2.11. The zero-order chi connectivity index (χ0) is 34.8. The Hall–Kier alpha value is -6.58. The van der Waals surface area contributed by atoms with Gasteiger partial charge >= 0.3 is 0 Å². The first kappa shape index (κ1) is 30.3. The minimum absolute atomic E-state index is 0.848. The maximum Gasteiger partial charge on any atom is 0.159 e. The number of aryl methyl sites for hydroxylation is 2. The first-order chi connectivity index (χ1) is 25.7. The Labute approximate surface area is 302 Å². The van der Waals surface area contributed by atoms with Gasteiger partial charge in [-0.15, -0.1) is 0 Å². The third-order valence-electron chi connectivity index (χ3n) is 10.6. The van der Waals surface area contributed by atoms with Crippen molar-refractivity contribution >= 4 is 71.7 Å². The topological polar surface area (TPSA) is 29.5 Å². The Morgan fingerprint density at radius 2 is 1.12 bits per heavy atom. The Morgan fingerprint density at radius 1 is 0.481 bits per heavy atom. The predicted octanol–water partition coefficient (Wildman–Crippen LogP) is 14.3. The van der Waals surface area contributed by atoms with Gasteiger partial charge in [0.05, 0.1) is 11.4 Å². The van der Waals surface area contributed by atoms with Crippen molar-refractivity contribution in [2.24, 2.45) is 0 Å². The molecule has 0 saturated heterocycles. The van der Waals surface area contributed by atoms with Gasteiger partial charge in [0.2, 0.25) is 0 Å². The van der Waals surface area contributed by atoms with E-state index in [1.165, 1.54) is 44.2 Å². The molecular weight excluding hydrogens is 635 g/mol. The Balaban J connectivity index is 1.26. The number of anilines is 3. The fraction of sp³-hybridized carbons (Fsp3) is 0.0612. The smallest absolute Gasteiger partial charge is 0.159 e. The van der Waals surface area contributed by atoms with Crippen LogP contribution in [-0.2, 0) is 6.42 Å². The van der Waals surface area contributed by atoms with Crippen LogP contribution in [0, 0.1) is 6.92 Å². The van der Waals surface area contributed by atoms with Gasteiger partial charge in [0.25, 0.3) is 0 Å². The van der Waals surface area contributed by atoms with Gasteiger partial charge in [-0.25, -0.2) is 0 Å². The fourth-order valence-electron chi connectivity index (χ4n) is 8.15. The van der Waals surface area contributed by atoms with Gasteiger partial charge < -0.3 is 13.7 Å². The molecule has 2 heterocycles. The summed E-state index contributed by atoms with van der Waals surface area (Å²) in [6.07, 6.45) is 0.870. The SMILES string of the molecule is CCc1c(-c2ccccc2C)cc(N(c2ccc(-c3cccc4ccccc34)cc2)c2ccc3c(c2)oc2ccccc23)c2oc3ccccc3c12. The Bertz CT molecular complexity index is 2960. The molecule has 10 rings (SSSR count). The summed E-state index contributed by atoms with van der Waals surface area (Å²) in [6.45, 7) is 4.45. The summed E-state index contributed by atoms with van der Waals surface area (Å²) < 4.78 is 13.3. The van der Waals surface area contributed by atoms with E-state index in [2.05, 4.69) is 170 Å². The van der Waals surface area contributed by atoms with Crippen LogP contribution >= 0.6 is 0 Å². The van der Waals surface area contributed by atoms with E-state index < -0.39 is 0 Å². The van der Waals surface area contributed by atoms with Gasteiger partial charge in [0.1, 0.15) is 16.7 Å². The van der Waals surface area contributed by atoms with Crippen molar-refractivity contribution in [3.05, 3.63) is 175 Å². The zero-order valence-corrected chi connectivity index (χ0v) is 29.1. The second-order valence-corrected chi connectivity index (χ2v) is 13.6. The number of hydrogen-bond acceptors (Lipinski definition) is 3. The second-order valence-electron chi connectivity index (χ2n) is 13.6. The molecule has 0 saturated carbocycles. The number of para-hydroxylation sites is 2. The van der Waals surface area contributed by atoms with E-state index in [0.717, 1.165) is 67.4 Å². The van der Waals surface area contributed by atoms with E-state index in [-0.39, 0.29) is 0 Å². The standard InChI is InChI=1S/C49H35NO2/c1-3-36-43(37-16-6-4-13-31(37)2)30-44(49-48(36)42-19-9-11-22-46(42)52-49)50(35-27-28-41-40-18-8-10-21-45(40)51-47(41)29-35)34-25-23-33(24-26-34)39-20-12-15-32-14-5-7-17-38(32)39/h4-30H,3H2,1-2H3. The number of furan rings is 2. The highest BCUT2D eigenvalue weighted by Crippen LogP contribution is 2.48. The number of rotatable bonds is 6. The molecule has 3 nitrogen and oxygen atoms in total. The van der Waals surface area contributed by atoms with Crippen LogP contribution in [0.3, 0.4) is 0 Å². The first-order valence-corrected chi connectivity index (χ1v) is 18.0. The van der Waals surface area contributed by atoms with Crippen molar-refractivity contribution < 1.29 is 8.83 Å². The molecule has 248 valence electrons. The van der Waals surface area contributed by atoms with Crippen molar-refractivity contribution in [3.8, 4) is 22.3 Å². The first-order valence-electron chi connectivity index (χ1n) is 18.0. The molecule has 3 heteroatoms. The third-order valence-corrected chi connectivity index (χ3v) is 10.6.